The topological polar surface area (TPSA) is 0 Å². The van der Waals surface area contributed by atoms with Crippen molar-refractivity contribution in [2.24, 2.45) is 17.8 Å². The second kappa shape index (κ2) is 8.42. The van der Waals surface area contributed by atoms with Crippen LogP contribution < -0.4 is 0 Å². The zero-order valence-electron chi connectivity index (χ0n) is 14.9. The molecule has 126 valence electrons. The van der Waals surface area contributed by atoms with Crippen LogP contribution in [0.1, 0.15) is 63.0 Å². The van der Waals surface area contributed by atoms with E-state index >= 15 is 0 Å². The molecule has 0 aromatic heterocycles. The molecule has 3 atom stereocenters. The maximum Gasteiger partial charge on any atom is 0.0104 e. The summed E-state index contributed by atoms with van der Waals surface area (Å²) in [5, 5.41) is 0. The highest BCUT2D eigenvalue weighted by Gasteiger charge is 2.38. The van der Waals surface area contributed by atoms with Gasteiger partial charge in [0.15, 0.2) is 0 Å². The van der Waals surface area contributed by atoms with E-state index in [1.807, 2.05) is 11.8 Å². The highest BCUT2D eigenvalue weighted by Crippen LogP contribution is 2.47. The summed E-state index contributed by atoms with van der Waals surface area (Å²) in [4.78, 5) is 1.52. The third-order valence-electron chi connectivity index (χ3n) is 6.01. The van der Waals surface area contributed by atoms with E-state index in [1.54, 1.807) is 11.1 Å². The van der Waals surface area contributed by atoms with Gasteiger partial charge >= 0.3 is 0 Å². The highest BCUT2D eigenvalue weighted by molar-refractivity contribution is 7.98. The van der Waals surface area contributed by atoms with Crippen LogP contribution in [0.25, 0.3) is 0 Å². The number of hydrogen-bond acceptors (Lipinski definition) is 1. The summed E-state index contributed by atoms with van der Waals surface area (Å²) in [5.41, 5.74) is 3.31. The molecular weight excluding hydrogens is 296 g/mol. The molecule has 0 heterocycles. The summed E-state index contributed by atoms with van der Waals surface area (Å²) >= 11 is 1.93. The van der Waals surface area contributed by atoms with Gasteiger partial charge in [-0.1, -0.05) is 50.5 Å². The van der Waals surface area contributed by atoms with Gasteiger partial charge in [-0.3, -0.25) is 0 Å². The van der Waals surface area contributed by atoms with Gasteiger partial charge in [-0.15, -0.1) is 11.8 Å². The number of allylic oxidation sites excluding steroid dienone is 2. The molecule has 2 aliphatic rings. The first-order chi connectivity index (χ1) is 11.3. The molecule has 0 bridgehead atoms. The summed E-state index contributed by atoms with van der Waals surface area (Å²) in [5.74, 6) is 2.69. The Morgan fingerprint density at radius 3 is 2.87 bits per heavy atom. The van der Waals surface area contributed by atoms with Crippen LogP contribution in [0.2, 0.25) is 0 Å². The minimum absolute atomic E-state index is 0.845. The predicted molar refractivity (Wildman–Crippen MR) is 103 cm³/mol. The molecule has 0 amide bonds. The lowest BCUT2D eigenvalue weighted by Crippen LogP contribution is -2.24. The number of rotatable bonds is 7. The first-order valence-corrected chi connectivity index (χ1v) is 10.9. The van der Waals surface area contributed by atoms with Crippen molar-refractivity contribution in [2.45, 2.75) is 69.6 Å². The average molecular weight is 329 g/mol. The van der Waals surface area contributed by atoms with Gasteiger partial charge in [0, 0.05) is 4.90 Å². The molecule has 0 N–H and O–H groups in total. The van der Waals surface area contributed by atoms with Crippen molar-refractivity contribution in [3.8, 4) is 0 Å². The van der Waals surface area contributed by atoms with Gasteiger partial charge in [-0.2, -0.15) is 0 Å². The molecule has 1 saturated carbocycles. The van der Waals surface area contributed by atoms with E-state index in [1.165, 1.54) is 62.7 Å². The maximum atomic E-state index is 2.58. The van der Waals surface area contributed by atoms with E-state index in [0.29, 0.717) is 0 Å². The standard InChI is InChI=1S/C22H32S/c1-3-4-5-6-7-8-10-17-13-14-19-16-21-18(15-20(17)19)11-9-12-22(21)23-2/h8-12,17,19-20H,3-7,13-16H2,1-2H3/b10-8+/t17?,19-,20-/m1/s1. The fourth-order valence-corrected chi connectivity index (χ4v) is 5.37. The van der Waals surface area contributed by atoms with Crippen molar-refractivity contribution in [2.75, 3.05) is 6.26 Å². The Bertz CT molecular complexity index is 531. The smallest absolute Gasteiger partial charge is 0.0104 e. The number of benzene rings is 1. The summed E-state index contributed by atoms with van der Waals surface area (Å²) < 4.78 is 0. The molecule has 1 aromatic rings. The summed E-state index contributed by atoms with van der Waals surface area (Å²) in [6, 6.07) is 6.96. The van der Waals surface area contributed by atoms with Crippen molar-refractivity contribution in [1.29, 1.82) is 0 Å². The Hall–Kier alpha value is -0.690. The molecule has 1 aromatic carbocycles. The van der Waals surface area contributed by atoms with Crippen LogP contribution in [0, 0.1) is 17.8 Å². The Morgan fingerprint density at radius 1 is 1.13 bits per heavy atom. The Labute approximate surface area is 147 Å². The second-order valence-corrected chi connectivity index (χ2v) is 8.30. The fraction of sp³-hybridized carbons (Fsp3) is 0.636. The number of unbranched alkanes of at least 4 members (excludes halogenated alkanes) is 4. The van der Waals surface area contributed by atoms with Crippen LogP contribution in [0.3, 0.4) is 0 Å². The largest absolute Gasteiger partial charge is 0.129 e. The number of thioether (sulfide) groups is 1. The highest BCUT2D eigenvalue weighted by atomic mass is 32.2. The van der Waals surface area contributed by atoms with Gasteiger partial charge in [-0.05, 0) is 79.7 Å². The van der Waals surface area contributed by atoms with Gasteiger partial charge in [0.25, 0.3) is 0 Å². The summed E-state index contributed by atoms with van der Waals surface area (Å²) in [6.45, 7) is 2.29. The van der Waals surface area contributed by atoms with Gasteiger partial charge in [-0.25, -0.2) is 0 Å². The Kier molecular flexibility index (Phi) is 6.28. The van der Waals surface area contributed by atoms with E-state index in [0.717, 1.165) is 17.8 Å². The van der Waals surface area contributed by atoms with Crippen LogP contribution in [0.5, 0.6) is 0 Å². The molecule has 0 spiro atoms. The van der Waals surface area contributed by atoms with Crippen LogP contribution in [0.4, 0.5) is 0 Å². The third-order valence-corrected chi connectivity index (χ3v) is 6.83. The molecule has 1 fully saturated rings. The molecule has 0 radical (unpaired) electrons. The Balaban J connectivity index is 1.60. The van der Waals surface area contributed by atoms with E-state index in [2.05, 4.69) is 43.5 Å². The van der Waals surface area contributed by atoms with Crippen LogP contribution in [-0.2, 0) is 12.8 Å². The van der Waals surface area contributed by atoms with Crippen LogP contribution >= 0.6 is 11.8 Å². The van der Waals surface area contributed by atoms with E-state index in [-0.39, 0.29) is 0 Å². The third kappa shape index (κ3) is 4.05. The van der Waals surface area contributed by atoms with Crippen molar-refractivity contribution in [3.63, 3.8) is 0 Å². The van der Waals surface area contributed by atoms with Gasteiger partial charge in [0.2, 0.25) is 0 Å². The molecule has 0 saturated heterocycles. The van der Waals surface area contributed by atoms with Gasteiger partial charge in [0.05, 0.1) is 0 Å². The van der Waals surface area contributed by atoms with Gasteiger partial charge in [0.1, 0.15) is 0 Å². The molecule has 1 unspecified atom stereocenters. The van der Waals surface area contributed by atoms with E-state index in [9.17, 15) is 0 Å². The normalized spacial score (nSPS) is 26.4. The van der Waals surface area contributed by atoms with Crippen molar-refractivity contribution in [1.82, 2.24) is 0 Å². The zero-order chi connectivity index (χ0) is 16.1. The minimum atomic E-state index is 0.845. The number of fused-ring (bicyclic) bond motifs is 2. The lowest BCUT2D eigenvalue weighted by Gasteiger charge is -2.31. The summed E-state index contributed by atoms with van der Waals surface area (Å²) in [6.07, 6.45) is 19.6. The first kappa shape index (κ1) is 17.1. The zero-order valence-corrected chi connectivity index (χ0v) is 15.7. The maximum absolute atomic E-state index is 2.58. The molecule has 23 heavy (non-hydrogen) atoms. The fourth-order valence-electron chi connectivity index (χ4n) is 4.70. The molecule has 0 aliphatic heterocycles. The first-order valence-electron chi connectivity index (χ1n) is 9.65. The SMILES string of the molecule is CCCCCC/C=C/C1CC[C@@H]2Cc3c(cccc3SC)C[C@H]12. The molecule has 1 heteroatoms. The van der Waals surface area contributed by atoms with E-state index in [4.69, 9.17) is 0 Å². The minimum Gasteiger partial charge on any atom is -0.129 e. The van der Waals surface area contributed by atoms with Crippen molar-refractivity contribution >= 4 is 11.8 Å². The Morgan fingerprint density at radius 2 is 2.04 bits per heavy atom. The molecular formula is C22H32S. The second-order valence-electron chi connectivity index (χ2n) is 7.45. The van der Waals surface area contributed by atoms with E-state index < -0.39 is 0 Å². The summed E-state index contributed by atoms with van der Waals surface area (Å²) in [7, 11) is 0. The predicted octanol–water partition coefficient (Wildman–Crippen LogP) is 6.68. The molecule has 2 aliphatic carbocycles. The lowest BCUT2D eigenvalue weighted by molar-refractivity contribution is 0.321. The quantitative estimate of drug-likeness (QED) is 0.306. The number of hydrogen-bond donors (Lipinski definition) is 0. The lowest BCUT2D eigenvalue weighted by atomic mass is 9.75. The van der Waals surface area contributed by atoms with Crippen molar-refractivity contribution in [3.05, 3.63) is 41.5 Å². The molecule has 3 rings (SSSR count). The molecule has 0 nitrogen and oxygen atoms in total. The average Bonchev–Trinajstić information content (AvgIpc) is 2.97. The van der Waals surface area contributed by atoms with Crippen LogP contribution in [0.15, 0.2) is 35.2 Å². The van der Waals surface area contributed by atoms with Crippen molar-refractivity contribution < 1.29 is 0 Å². The van der Waals surface area contributed by atoms with Crippen LogP contribution in [-0.4, -0.2) is 6.26 Å². The monoisotopic (exact) mass is 328 g/mol. The van der Waals surface area contributed by atoms with Gasteiger partial charge < -0.3 is 0 Å².